The second kappa shape index (κ2) is 26.0. The average Bonchev–Trinajstić information content (AvgIpc) is 3.94. The van der Waals surface area contributed by atoms with Crippen LogP contribution in [0.3, 0.4) is 0 Å². The molecule has 0 spiro atoms. The van der Waals surface area contributed by atoms with Gasteiger partial charge in [0, 0.05) is 38.5 Å². The van der Waals surface area contributed by atoms with Crippen LogP contribution in [0.2, 0.25) is 0 Å². The predicted molar refractivity (Wildman–Crippen MR) is 249 cm³/mol. The number of hydrogen-bond donors (Lipinski definition) is 6. The number of guanidine groups is 1. The van der Waals surface area contributed by atoms with Gasteiger partial charge >= 0.3 is 0 Å². The fourth-order valence-corrected chi connectivity index (χ4v) is 9.57. The van der Waals surface area contributed by atoms with Gasteiger partial charge in [-0.05, 0) is 74.3 Å². The number of hydrazine groups is 1. The third-order valence-electron chi connectivity index (χ3n) is 12.0. The number of amides is 5. The number of Topliss-reactive ketones (excluding diaryl/α,β-unsaturated/α-hetero) is 1. The molecule has 0 radical (unpaired) electrons. The number of aliphatic imine (C=N–C) groups is 1. The van der Waals surface area contributed by atoms with Crippen molar-refractivity contribution in [3.05, 3.63) is 112 Å². The molecule has 7 N–H and O–H groups in total. The van der Waals surface area contributed by atoms with Gasteiger partial charge in [-0.15, -0.1) is 0 Å². The lowest BCUT2D eigenvalue weighted by Crippen LogP contribution is -2.55. The summed E-state index contributed by atoms with van der Waals surface area (Å²) in [7, 11) is -3.87. The summed E-state index contributed by atoms with van der Waals surface area (Å²) in [6.07, 6.45) is 9.31. The van der Waals surface area contributed by atoms with E-state index in [0.29, 0.717) is 36.1 Å². The van der Waals surface area contributed by atoms with Gasteiger partial charge in [0.25, 0.3) is 23.7 Å². The Labute approximate surface area is 390 Å². The largest absolute Gasteiger partial charge is 0.365 e. The molecule has 5 amide bonds. The minimum atomic E-state index is -3.87. The summed E-state index contributed by atoms with van der Waals surface area (Å²) in [5, 5.41) is 18.0. The summed E-state index contributed by atoms with van der Waals surface area (Å²) in [5.41, 5.74) is 8.86. The van der Waals surface area contributed by atoms with E-state index in [4.69, 9.17) is 5.73 Å². The lowest BCUT2D eigenvalue weighted by Gasteiger charge is -2.27. The molecule has 20 heteroatoms. The molecule has 2 aliphatic rings. The van der Waals surface area contributed by atoms with Crippen molar-refractivity contribution in [2.45, 2.75) is 107 Å². The number of benzene rings is 3. The van der Waals surface area contributed by atoms with E-state index >= 15 is 0 Å². The van der Waals surface area contributed by atoms with Gasteiger partial charge in [0.05, 0.1) is 16.0 Å². The molecule has 1 aliphatic carbocycles. The smallest absolute Gasteiger partial charge is 0.289 e. The molecule has 3 atom stereocenters. The van der Waals surface area contributed by atoms with Gasteiger partial charge in [-0.1, -0.05) is 111 Å². The quantitative estimate of drug-likeness (QED) is 0.0116. The van der Waals surface area contributed by atoms with E-state index in [-0.39, 0.29) is 67.4 Å². The number of ketones is 1. The topological polar surface area (TPSA) is 281 Å². The Balaban J connectivity index is 1.19. The van der Waals surface area contributed by atoms with Gasteiger partial charge in [0.15, 0.2) is 5.03 Å². The minimum Gasteiger partial charge on any atom is -0.365 e. The summed E-state index contributed by atoms with van der Waals surface area (Å²) in [4.78, 5) is 96.9. The lowest BCUT2D eigenvalue weighted by molar-refractivity contribution is -0.525. The van der Waals surface area contributed by atoms with Crippen molar-refractivity contribution < 1.29 is 42.2 Å². The van der Waals surface area contributed by atoms with Crippen molar-refractivity contribution in [1.82, 2.24) is 31.0 Å². The van der Waals surface area contributed by atoms with Crippen molar-refractivity contribution in [3.63, 3.8) is 0 Å². The van der Waals surface area contributed by atoms with Crippen LogP contribution in [0.15, 0.2) is 94.8 Å². The zero-order valence-corrected chi connectivity index (χ0v) is 38.3. The van der Waals surface area contributed by atoms with E-state index in [9.17, 15) is 47.3 Å². The molecule has 0 bridgehead atoms. The highest BCUT2D eigenvalue weighted by Gasteiger charge is 2.36. The number of rotatable bonds is 28. The first kappa shape index (κ1) is 51.4. The molecule has 5 rings (SSSR count). The molecule has 1 saturated carbocycles. The molecule has 3 unspecified atom stereocenters. The number of nitrogens with zero attached hydrogens (tertiary/aromatic N) is 3. The molecule has 19 nitrogen and oxygen atoms in total. The maximum atomic E-state index is 14.2. The number of carbonyl (C=O) groups excluding carboxylic acids is 6. The average molecular weight is 944 g/mol. The van der Waals surface area contributed by atoms with Crippen molar-refractivity contribution >= 4 is 51.3 Å². The minimum absolute atomic E-state index is 0.0188. The molecule has 3 aromatic carbocycles. The number of carbonyl (C=O) groups is 6. The Kier molecular flexibility index (Phi) is 19.9. The third-order valence-corrected chi connectivity index (χ3v) is 13.5. The standard InChI is InChI=1S/C47H61N9O10S/c48-47(54-56(63)64)50-28-17-27-39(43(59)53-40(32-33-18-7-5-8-19-33)41(57)44(60)49-29-30-51-67(65,66)35-22-9-6-10-23-35)52-42(58)36(34-20-12-13-21-34)24-11-3-1-2-4-16-31-55-45(61)37-25-14-15-26-38(37)46(55)62/h5-10,14-15,18-19,22-23,25-26,34,36,39-40,51H,1-4,11-13,16-17,20-21,24,27-32H2,(H,49,60)(H,52,58)(H,53,59)(H3,48,50,54). The van der Waals surface area contributed by atoms with E-state index in [0.717, 1.165) is 57.8 Å². The van der Waals surface area contributed by atoms with Crippen LogP contribution in [-0.2, 0) is 35.6 Å². The Morgan fingerprint density at radius 1 is 0.746 bits per heavy atom. The van der Waals surface area contributed by atoms with Gasteiger partial charge in [0.2, 0.25) is 27.6 Å². The van der Waals surface area contributed by atoms with Crippen molar-refractivity contribution in [3.8, 4) is 0 Å². The highest BCUT2D eigenvalue weighted by molar-refractivity contribution is 7.89. The first-order valence-electron chi connectivity index (χ1n) is 22.9. The van der Waals surface area contributed by atoms with Crippen molar-refractivity contribution in [2.24, 2.45) is 22.6 Å². The van der Waals surface area contributed by atoms with Crippen LogP contribution in [-0.4, -0.2) is 97.9 Å². The van der Waals surface area contributed by atoms with Crippen LogP contribution < -0.4 is 31.8 Å². The number of nitro groups is 1. The van der Waals surface area contributed by atoms with Crippen LogP contribution >= 0.6 is 0 Å². The molecule has 3 aromatic rings. The fraction of sp³-hybridized carbons (Fsp3) is 0.468. The van der Waals surface area contributed by atoms with Gasteiger partial charge in [-0.3, -0.25) is 33.7 Å². The number of fused-ring (bicyclic) bond motifs is 1. The van der Waals surface area contributed by atoms with Gasteiger partial charge in [-0.25, -0.2) is 28.2 Å². The third kappa shape index (κ3) is 15.8. The second-order valence-electron chi connectivity index (χ2n) is 16.8. The normalized spacial score (nSPS) is 15.3. The van der Waals surface area contributed by atoms with E-state index < -0.39 is 56.6 Å². The number of unbranched alkanes of at least 4 members (excludes halogenated alkanes) is 5. The highest BCUT2D eigenvalue weighted by Crippen LogP contribution is 2.35. The number of sulfonamides is 1. The van der Waals surface area contributed by atoms with Crippen LogP contribution in [0.25, 0.3) is 0 Å². The summed E-state index contributed by atoms with van der Waals surface area (Å²) in [5.74, 6) is -4.31. The Morgan fingerprint density at radius 2 is 1.33 bits per heavy atom. The van der Waals surface area contributed by atoms with Gasteiger partial charge in [-0.2, -0.15) is 0 Å². The van der Waals surface area contributed by atoms with Crippen molar-refractivity contribution in [1.29, 1.82) is 0 Å². The Bertz CT molecular complexity index is 2290. The van der Waals surface area contributed by atoms with Gasteiger partial charge in [0.1, 0.15) is 12.1 Å². The van der Waals surface area contributed by atoms with Crippen LogP contribution in [0.1, 0.15) is 110 Å². The molecule has 1 aliphatic heterocycles. The monoisotopic (exact) mass is 943 g/mol. The van der Waals surface area contributed by atoms with E-state index in [1.807, 2.05) is 0 Å². The van der Waals surface area contributed by atoms with E-state index in [2.05, 4.69) is 25.7 Å². The first-order chi connectivity index (χ1) is 32.2. The maximum Gasteiger partial charge on any atom is 0.289 e. The van der Waals surface area contributed by atoms with Crippen LogP contribution in [0.5, 0.6) is 0 Å². The van der Waals surface area contributed by atoms with Crippen LogP contribution in [0.4, 0.5) is 0 Å². The zero-order chi connectivity index (χ0) is 48.2. The molecule has 360 valence electrons. The van der Waals surface area contributed by atoms with Crippen LogP contribution in [0, 0.1) is 22.0 Å². The molecule has 0 aromatic heterocycles. The Hall–Kier alpha value is -6.54. The SMILES string of the molecule is NC(=NCCCC(NC(=O)C(CCCCCCCCN1C(=O)c2ccccc2C1=O)C1CCCC1)C(=O)NC(Cc1ccccc1)C(=O)C(=O)NCCNS(=O)(=O)c1ccccc1)N[N+](=O)[O-]. The summed E-state index contributed by atoms with van der Waals surface area (Å²) >= 11 is 0. The predicted octanol–water partition coefficient (Wildman–Crippen LogP) is 3.57. The Morgan fingerprint density at radius 3 is 1.97 bits per heavy atom. The number of imide groups is 1. The highest BCUT2D eigenvalue weighted by atomic mass is 32.2. The first-order valence-corrected chi connectivity index (χ1v) is 24.4. The summed E-state index contributed by atoms with van der Waals surface area (Å²) in [6.45, 7) is -0.110. The molecular formula is C47H61N9O10S. The second-order valence-corrected chi connectivity index (χ2v) is 18.6. The molecule has 1 heterocycles. The number of nitrogens with two attached hydrogens (primary N) is 1. The number of hydrogen-bond acceptors (Lipinski definition) is 11. The summed E-state index contributed by atoms with van der Waals surface area (Å²) in [6, 6.07) is 20.6. The van der Waals surface area contributed by atoms with Gasteiger partial charge < -0.3 is 21.7 Å². The van der Waals surface area contributed by atoms with E-state index in [1.165, 1.54) is 17.0 Å². The zero-order valence-electron chi connectivity index (χ0n) is 37.5. The molecule has 0 saturated heterocycles. The molecule has 1 fully saturated rings. The lowest BCUT2D eigenvalue weighted by atomic mass is 9.85. The van der Waals surface area contributed by atoms with E-state index in [1.54, 1.807) is 78.2 Å². The van der Waals surface area contributed by atoms with Crippen molar-refractivity contribution in [2.75, 3.05) is 26.2 Å². The fourth-order valence-electron chi connectivity index (χ4n) is 8.52. The maximum absolute atomic E-state index is 14.2. The molecular weight excluding hydrogens is 883 g/mol. The number of nitrogens with one attached hydrogen (secondary N) is 5. The summed E-state index contributed by atoms with van der Waals surface area (Å²) < 4.78 is 27.6. The molecule has 67 heavy (non-hydrogen) atoms.